The van der Waals surface area contributed by atoms with Crippen LogP contribution in [0.4, 0.5) is 0 Å². The molecule has 0 spiro atoms. The second-order valence-electron chi connectivity index (χ2n) is 2.80. The Bertz CT molecular complexity index is 231. The average molecular weight is 194 g/mol. The molecule has 1 rings (SSSR count). The fourth-order valence-electron chi connectivity index (χ4n) is 1.01. The molecule has 0 aromatic heterocycles. The van der Waals surface area contributed by atoms with E-state index in [2.05, 4.69) is 0 Å². The summed E-state index contributed by atoms with van der Waals surface area (Å²) in [5.41, 5.74) is 0. The number of hydrogen-bond donors (Lipinski definition) is 0. The van der Waals surface area contributed by atoms with Gasteiger partial charge in [-0.15, -0.1) is 0 Å². The molecule has 0 bridgehead atoms. The molecule has 0 unspecified atom stereocenters. The monoisotopic (exact) mass is 194 g/mol. The van der Waals surface area contributed by atoms with Crippen molar-refractivity contribution < 1.29 is 13.2 Å². The van der Waals surface area contributed by atoms with Gasteiger partial charge in [0.1, 0.15) is 0 Å². The molecule has 1 aliphatic heterocycles. The molecule has 6 heteroatoms. The summed E-state index contributed by atoms with van der Waals surface area (Å²) in [5, 5.41) is 0. The molecule has 1 heterocycles. The molecule has 5 nitrogen and oxygen atoms in total. The highest BCUT2D eigenvalue weighted by Crippen LogP contribution is 2.06. The first-order valence-corrected chi connectivity index (χ1v) is 5.20. The van der Waals surface area contributed by atoms with Crippen LogP contribution in [0.5, 0.6) is 0 Å². The van der Waals surface area contributed by atoms with Crippen molar-refractivity contribution in [3.8, 4) is 0 Å². The maximum atomic E-state index is 11.5. The predicted octanol–water partition coefficient (Wildman–Crippen LogP) is -0.875. The summed E-state index contributed by atoms with van der Waals surface area (Å²) in [6.45, 7) is 1.90. The van der Waals surface area contributed by atoms with E-state index in [9.17, 15) is 8.42 Å². The third-order valence-electron chi connectivity index (χ3n) is 1.76. The zero-order valence-corrected chi connectivity index (χ0v) is 8.17. The lowest BCUT2D eigenvalue weighted by molar-refractivity contribution is 0.0710. The van der Waals surface area contributed by atoms with Crippen LogP contribution < -0.4 is 0 Å². The molecule has 0 radical (unpaired) electrons. The van der Waals surface area contributed by atoms with E-state index in [0.29, 0.717) is 26.3 Å². The van der Waals surface area contributed by atoms with Crippen LogP contribution in [0.15, 0.2) is 0 Å². The van der Waals surface area contributed by atoms with E-state index in [1.54, 1.807) is 0 Å². The van der Waals surface area contributed by atoms with Gasteiger partial charge in [-0.25, -0.2) is 0 Å². The van der Waals surface area contributed by atoms with Gasteiger partial charge >= 0.3 is 0 Å². The Labute approximate surface area is 73.1 Å². The van der Waals surface area contributed by atoms with Crippen molar-refractivity contribution in [2.45, 2.75) is 0 Å². The van der Waals surface area contributed by atoms with Gasteiger partial charge in [0.15, 0.2) is 0 Å². The van der Waals surface area contributed by atoms with Crippen LogP contribution in [0.2, 0.25) is 0 Å². The normalized spacial score (nSPS) is 21.6. The maximum absolute atomic E-state index is 11.5. The van der Waals surface area contributed by atoms with Crippen LogP contribution in [-0.4, -0.2) is 57.4 Å². The largest absolute Gasteiger partial charge is 0.379 e. The number of hydrogen-bond acceptors (Lipinski definition) is 3. The molecule has 0 amide bonds. The summed E-state index contributed by atoms with van der Waals surface area (Å²) in [5.74, 6) is 0. The Morgan fingerprint density at radius 3 is 2.17 bits per heavy atom. The van der Waals surface area contributed by atoms with Gasteiger partial charge in [-0.2, -0.15) is 17.0 Å². The third kappa shape index (κ3) is 1.95. The highest BCUT2D eigenvalue weighted by atomic mass is 32.2. The minimum absolute atomic E-state index is 0.459. The van der Waals surface area contributed by atoms with Crippen LogP contribution in [0, 0.1) is 0 Å². The molecule has 1 aliphatic rings. The second kappa shape index (κ2) is 3.69. The van der Waals surface area contributed by atoms with Gasteiger partial charge in [-0.3, -0.25) is 0 Å². The molecule has 1 saturated heterocycles. The highest BCUT2D eigenvalue weighted by Gasteiger charge is 2.25. The van der Waals surface area contributed by atoms with Gasteiger partial charge < -0.3 is 4.74 Å². The Morgan fingerprint density at radius 2 is 1.75 bits per heavy atom. The Balaban J connectivity index is 2.67. The lowest BCUT2D eigenvalue weighted by Gasteiger charge is -2.28. The Hall–Kier alpha value is -0.170. The molecule has 0 atom stereocenters. The molecule has 0 aromatic carbocycles. The highest BCUT2D eigenvalue weighted by molar-refractivity contribution is 7.86. The van der Waals surface area contributed by atoms with Gasteiger partial charge in [-0.05, 0) is 0 Å². The van der Waals surface area contributed by atoms with E-state index in [4.69, 9.17) is 4.74 Å². The van der Waals surface area contributed by atoms with Crippen molar-refractivity contribution >= 4 is 10.2 Å². The zero-order chi connectivity index (χ0) is 9.19. The van der Waals surface area contributed by atoms with Crippen molar-refractivity contribution in [1.29, 1.82) is 0 Å². The topological polar surface area (TPSA) is 49.9 Å². The van der Waals surface area contributed by atoms with Crippen LogP contribution >= 0.6 is 0 Å². The Morgan fingerprint density at radius 1 is 1.25 bits per heavy atom. The summed E-state index contributed by atoms with van der Waals surface area (Å²) < 4.78 is 30.7. The SMILES string of the molecule is CN(C)S(=O)(=O)N1CCOCC1. The number of nitrogens with zero attached hydrogens (tertiary/aromatic N) is 2. The third-order valence-corrected chi connectivity index (χ3v) is 3.70. The van der Waals surface area contributed by atoms with Crippen molar-refractivity contribution in [1.82, 2.24) is 8.61 Å². The summed E-state index contributed by atoms with van der Waals surface area (Å²) in [7, 11) is -0.148. The smallest absolute Gasteiger partial charge is 0.281 e. The summed E-state index contributed by atoms with van der Waals surface area (Å²) in [4.78, 5) is 0. The van der Waals surface area contributed by atoms with Gasteiger partial charge in [0, 0.05) is 27.2 Å². The molecular formula is C6H14N2O3S. The van der Waals surface area contributed by atoms with Crippen molar-refractivity contribution in [2.75, 3.05) is 40.4 Å². The minimum Gasteiger partial charge on any atom is -0.379 e. The van der Waals surface area contributed by atoms with Crippen LogP contribution in [0.1, 0.15) is 0 Å². The fourth-order valence-corrected chi connectivity index (χ4v) is 2.08. The van der Waals surface area contributed by atoms with E-state index >= 15 is 0 Å². The molecule has 0 aromatic rings. The molecule has 12 heavy (non-hydrogen) atoms. The predicted molar refractivity (Wildman–Crippen MR) is 45.0 cm³/mol. The van der Waals surface area contributed by atoms with Crippen LogP contribution in [0.25, 0.3) is 0 Å². The van der Waals surface area contributed by atoms with Gasteiger partial charge in [0.25, 0.3) is 10.2 Å². The lowest BCUT2D eigenvalue weighted by atomic mass is 10.5. The van der Waals surface area contributed by atoms with E-state index in [1.165, 1.54) is 22.7 Å². The molecule has 0 N–H and O–H groups in total. The Kier molecular flexibility index (Phi) is 3.05. The summed E-state index contributed by atoms with van der Waals surface area (Å²) >= 11 is 0. The summed E-state index contributed by atoms with van der Waals surface area (Å²) in [6, 6.07) is 0. The lowest BCUT2D eigenvalue weighted by Crippen LogP contribution is -2.46. The van der Waals surface area contributed by atoms with Crippen molar-refractivity contribution in [3.63, 3.8) is 0 Å². The quantitative estimate of drug-likeness (QED) is 0.574. The van der Waals surface area contributed by atoms with Gasteiger partial charge in [-0.1, -0.05) is 0 Å². The van der Waals surface area contributed by atoms with Crippen LogP contribution in [0.3, 0.4) is 0 Å². The number of morpholine rings is 1. The van der Waals surface area contributed by atoms with Crippen molar-refractivity contribution in [2.24, 2.45) is 0 Å². The first-order valence-electron chi connectivity index (χ1n) is 3.80. The number of rotatable bonds is 2. The van der Waals surface area contributed by atoms with E-state index in [1.807, 2.05) is 0 Å². The zero-order valence-electron chi connectivity index (χ0n) is 7.36. The molecule has 0 saturated carbocycles. The summed E-state index contributed by atoms with van der Waals surface area (Å²) in [6.07, 6.45) is 0. The van der Waals surface area contributed by atoms with Crippen molar-refractivity contribution in [3.05, 3.63) is 0 Å². The molecule has 72 valence electrons. The second-order valence-corrected chi connectivity index (χ2v) is 4.94. The van der Waals surface area contributed by atoms with Crippen LogP contribution in [-0.2, 0) is 14.9 Å². The average Bonchev–Trinajstić information content (AvgIpc) is 2.06. The standard InChI is InChI=1S/C6H14N2O3S/c1-7(2)12(9,10)8-3-5-11-6-4-8/h3-6H2,1-2H3. The number of ether oxygens (including phenoxy) is 1. The fraction of sp³-hybridized carbons (Fsp3) is 1.00. The molecule has 0 aliphatic carbocycles. The van der Waals surface area contributed by atoms with Gasteiger partial charge in [0.05, 0.1) is 13.2 Å². The molecular weight excluding hydrogens is 180 g/mol. The van der Waals surface area contributed by atoms with E-state index in [-0.39, 0.29) is 0 Å². The molecule has 1 fully saturated rings. The minimum atomic E-state index is -3.21. The van der Waals surface area contributed by atoms with E-state index < -0.39 is 10.2 Å². The van der Waals surface area contributed by atoms with E-state index in [0.717, 1.165) is 0 Å². The van der Waals surface area contributed by atoms with Gasteiger partial charge in [0.2, 0.25) is 0 Å². The first kappa shape index (κ1) is 9.91. The first-order chi connectivity index (χ1) is 5.55. The maximum Gasteiger partial charge on any atom is 0.281 e.